The van der Waals surface area contributed by atoms with Crippen LogP contribution in [0.3, 0.4) is 0 Å². The van der Waals surface area contributed by atoms with Gasteiger partial charge in [-0.05, 0) is 13.8 Å². The highest BCUT2D eigenvalue weighted by Crippen LogP contribution is 2.51. The van der Waals surface area contributed by atoms with Crippen molar-refractivity contribution in [2.75, 3.05) is 13.2 Å². The van der Waals surface area contributed by atoms with E-state index in [1.165, 1.54) is 0 Å². The molecular formula is C11H16NO4P. The molecule has 0 spiro atoms. The van der Waals surface area contributed by atoms with E-state index < -0.39 is 7.60 Å². The van der Waals surface area contributed by atoms with Crippen molar-refractivity contribution in [2.45, 2.75) is 13.8 Å². The molecule has 0 atom stereocenters. The SMILES string of the molecule is CCOP(=O)(OCC)C(=NO)c1ccccc1. The number of rotatable bonds is 6. The van der Waals surface area contributed by atoms with Crippen LogP contribution in [-0.4, -0.2) is 23.9 Å². The van der Waals surface area contributed by atoms with Crippen LogP contribution >= 0.6 is 7.60 Å². The summed E-state index contributed by atoms with van der Waals surface area (Å²) in [4.78, 5) is 0. The van der Waals surface area contributed by atoms with Gasteiger partial charge in [0.15, 0.2) is 5.45 Å². The Morgan fingerprint density at radius 2 is 1.76 bits per heavy atom. The molecule has 0 saturated heterocycles. The van der Waals surface area contributed by atoms with E-state index in [0.29, 0.717) is 5.56 Å². The van der Waals surface area contributed by atoms with Gasteiger partial charge in [-0.15, -0.1) is 0 Å². The van der Waals surface area contributed by atoms with Crippen molar-refractivity contribution in [2.24, 2.45) is 5.16 Å². The highest BCUT2D eigenvalue weighted by atomic mass is 31.2. The van der Waals surface area contributed by atoms with E-state index in [1.807, 2.05) is 6.07 Å². The van der Waals surface area contributed by atoms with Gasteiger partial charge in [0.25, 0.3) is 0 Å². The lowest BCUT2D eigenvalue weighted by Crippen LogP contribution is -2.08. The van der Waals surface area contributed by atoms with Crippen LogP contribution in [0.2, 0.25) is 0 Å². The summed E-state index contributed by atoms with van der Waals surface area (Å²) < 4.78 is 22.6. The van der Waals surface area contributed by atoms with E-state index in [1.54, 1.807) is 38.1 Å². The van der Waals surface area contributed by atoms with Gasteiger partial charge in [0.1, 0.15) is 0 Å². The molecule has 17 heavy (non-hydrogen) atoms. The molecule has 1 rings (SSSR count). The second-order valence-corrected chi connectivity index (χ2v) is 5.06. The quantitative estimate of drug-likeness (QED) is 0.368. The van der Waals surface area contributed by atoms with Crippen LogP contribution in [0.5, 0.6) is 0 Å². The zero-order valence-corrected chi connectivity index (χ0v) is 10.8. The molecule has 0 aliphatic heterocycles. The first kappa shape index (κ1) is 13.9. The maximum Gasteiger partial charge on any atom is 0.383 e. The van der Waals surface area contributed by atoms with Crippen molar-refractivity contribution in [3.8, 4) is 0 Å². The van der Waals surface area contributed by atoms with Crippen LogP contribution in [-0.2, 0) is 13.6 Å². The van der Waals surface area contributed by atoms with Gasteiger partial charge in [-0.3, -0.25) is 4.57 Å². The van der Waals surface area contributed by atoms with Crippen LogP contribution in [0.25, 0.3) is 0 Å². The molecule has 0 saturated carbocycles. The molecule has 0 fully saturated rings. The fourth-order valence-corrected chi connectivity index (χ4v) is 2.93. The monoisotopic (exact) mass is 257 g/mol. The Morgan fingerprint density at radius 3 is 2.18 bits per heavy atom. The second kappa shape index (κ2) is 6.55. The third-order valence-corrected chi connectivity index (χ3v) is 4.05. The number of nitrogens with zero attached hydrogens (tertiary/aromatic N) is 1. The van der Waals surface area contributed by atoms with E-state index in [0.717, 1.165) is 0 Å². The molecule has 6 heteroatoms. The number of hydrogen-bond acceptors (Lipinski definition) is 5. The lowest BCUT2D eigenvalue weighted by molar-refractivity contribution is 0.230. The summed E-state index contributed by atoms with van der Waals surface area (Å²) >= 11 is 0. The minimum atomic E-state index is -3.55. The molecule has 0 bridgehead atoms. The molecule has 0 amide bonds. The molecule has 1 aromatic rings. The Labute approximate surface area is 101 Å². The molecule has 0 aliphatic carbocycles. The van der Waals surface area contributed by atoms with Gasteiger partial charge in [0, 0.05) is 5.56 Å². The molecule has 0 unspecified atom stereocenters. The maximum absolute atomic E-state index is 12.4. The molecule has 0 heterocycles. The first-order valence-electron chi connectivity index (χ1n) is 5.35. The van der Waals surface area contributed by atoms with E-state index in [2.05, 4.69) is 5.16 Å². The molecule has 1 aromatic carbocycles. The van der Waals surface area contributed by atoms with Crippen molar-refractivity contribution < 1.29 is 18.8 Å². The fourth-order valence-electron chi connectivity index (χ4n) is 1.36. The fraction of sp³-hybridized carbons (Fsp3) is 0.364. The third kappa shape index (κ3) is 3.40. The van der Waals surface area contributed by atoms with Crippen molar-refractivity contribution in [1.82, 2.24) is 0 Å². The van der Waals surface area contributed by atoms with Crippen molar-refractivity contribution in [1.29, 1.82) is 0 Å². The summed E-state index contributed by atoms with van der Waals surface area (Å²) in [6.07, 6.45) is 0. The smallest absolute Gasteiger partial charge is 0.383 e. The largest absolute Gasteiger partial charge is 0.410 e. The van der Waals surface area contributed by atoms with Crippen molar-refractivity contribution in [3.63, 3.8) is 0 Å². The molecular weight excluding hydrogens is 241 g/mol. The Balaban J connectivity index is 3.12. The zero-order chi connectivity index (χ0) is 12.7. The van der Waals surface area contributed by atoms with E-state index >= 15 is 0 Å². The first-order chi connectivity index (χ1) is 8.18. The summed E-state index contributed by atoms with van der Waals surface area (Å²) in [5.74, 6) is 0. The Morgan fingerprint density at radius 1 is 1.24 bits per heavy atom. The minimum Gasteiger partial charge on any atom is -0.410 e. The van der Waals surface area contributed by atoms with Crippen molar-refractivity contribution >= 4 is 13.0 Å². The average molecular weight is 257 g/mol. The molecule has 5 nitrogen and oxygen atoms in total. The average Bonchev–Trinajstić information content (AvgIpc) is 2.31. The van der Waals surface area contributed by atoms with Gasteiger partial charge in [-0.2, -0.15) is 0 Å². The first-order valence-corrected chi connectivity index (χ1v) is 6.89. The highest BCUT2D eigenvalue weighted by molar-refractivity contribution is 7.73. The molecule has 0 radical (unpaired) electrons. The van der Waals surface area contributed by atoms with Gasteiger partial charge in [-0.1, -0.05) is 35.5 Å². The van der Waals surface area contributed by atoms with Crippen LogP contribution in [0.15, 0.2) is 35.5 Å². The number of oxime groups is 1. The molecule has 94 valence electrons. The third-order valence-electron chi connectivity index (χ3n) is 1.98. The van der Waals surface area contributed by atoms with E-state index in [9.17, 15) is 4.57 Å². The van der Waals surface area contributed by atoms with Crippen LogP contribution in [0, 0.1) is 0 Å². The molecule has 0 aromatic heterocycles. The minimum absolute atomic E-state index is 0.0678. The van der Waals surface area contributed by atoms with Gasteiger partial charge in [0.05, 0.1) is 13.2 Å². The predicted molar refractivity (Wildman–Crippen MR) is 65.6 cm³/mol. The van der Waals surface area contributed by atoms with Crippen LogP contribution in [0.4, 0.5) is 0 Å². The summed E-state index contributed by atoms with van der Waals surface area (Å²) in [5.41, 5.74) is 0.446. The van der Waals surface area contributed by atoms with Gasteiger partial charge < -0.3 is 14.3 Å². The normalized spacial score (nSPS) is 12.7. The molecule has 0 aliphatic rings. The summed E-state index contributed by atoms with van der Waals surface area (Å²) in [7, 11) is -3.55. The number of hydrogen-bond donors (Lipinski definition) is 1. The van der Waals surface area contributed by atoms with Crippen LogP contribution < -0.4 is 0 Å². The predicted octanol–water partition coefficient (Wildman–Crippen LogP) is 3.09. The summed E-state index contributed by atoms with van der Waals surface area (Å²) in [6, 6.07) is 8.68. The van der Waals surface area contributed by atoms with E-state index in [-0.39, 0.29) is 18.7 Å². The lowest BCUT2D eigenvalue weighted by atomic mass is 10.2. The van der Waals surface area contributed by atoms with Gasteiger partial charge >= 0.3 is 7.60 Å². The van der Waals surface area contributed by atoms with Gasteiger partial charge in [0.2, 0.25) is 0 Å². The standard InChI is InChI=1S/C11H16NO4P/c1-3-15-17(14,16-4-2)11(12-13)10-8-6-5-7-9-10/h5-9,13H,3-4H2,1-2H3. The second-order valence-electron chi connectivity index (χ2n) is 3.12. The van der Waals surface area contributed by atoms with E-state index in [4.69, 9.17) is 14.3 Å². The highest BCUT2D eigenvalue weighted by Gasteiger charge is 2.33. The summed E-state index contributed by atoms with van der Waals surface area (Å²) in [6.45, 7) is 3.82. The number of benzene rings is 1. The van der Waals surface area contributed by atoms with Crippen LogP contribution in [0.1, 0.15) is 19.4 Å². The Bertz CT molecular complexity index is 409. The van der Waals surface area contributed by atoms with Gasteiger partial charge in [-0.25, -0.2) is 0 Å². The summed E-state index contributed by atoms with van der Waals surface area (Å²) in [5, 5.41) is 12.1. The van der Waals surface area contributed by atoms with Crippen molar-refractivity contribution in [3.05, 3.63) is 35.9 Å². The topological polar surface area (TPSA) is 68.1 Å². The Kier molecular flexibility index (Phi) is 5.35. The zero-order valence-electron chi connectivity index (χ0n) is 9.87. The lowest BCUT2D eigenvalue weighted by Gasteiger charge is -2.17. The maximum atomic E-state index is 12.4. The Hall–Kier alpha value is -1.16. The molecule has 1 N–H and O–H groups in total.